The van der Waals surface area contributed by atoms with Gasteiger partial charge in [0.1, 0.15) is 11.2 Å². The molecule has 0 bridgehead atoms. The fourth-order valence-electron chi connectivity index (χ4n) is 0.770. The van der Waals surface area contributed by atoms with Crippen LogP contribution in [0.4, 0.5) is 8.78 Å². The van der Waals surface area contributed by atoms with E-state index in [2.05, 4.69) is 4.98 Å². The van der Waals surface area contributed by atoms with Crippen LogP contribution in [0.15, 0.2) is 6.07 Å². The van der Waals surface area contributed by atoms with Gasteiger partial charge < -0.3 is 5.11 Å². The quantitative estimate of drug-likeness (QED) is 0.714. The number of pyridine rings is 1. The summed E-state index contributed by atoms with van der Waals surface area (Å²) in [6.07, 6.45) is -2.88. The molecule has 0 spiro atoms. The summed E-state index contributed by atoms with van der Waals surface area (Å²) in [7, 11) is 0. The predicted octanol–water partition coefficient (Wildman–Crippen LogP) is 2.25. The van der Waals surface area contributed by atoms with Gasteiger partial charge in [-0.1, -0.05) is 11.6 Å². The second-order valence-corrected chi connectivity index (χ2v) is 2.53. The third-order valence-electron chi connectivity index (χ3n) is 1.33. The monoisotopic (exact) mass is 204 g/mol. The lowest BCUT2D eigenvalue weighted by Crippen LogP contribution is -1.92. The largest absolute Gasteiger partial charge is 0.505 e. The SMILES string of the molecule is N#Cc1nc(Cl)cc(C(F)F)c1O. The molecule has 1 aromatic heterocycles. The van der Waals surface area contributed by atoms with E-state index in [4.69, 9.17) is 22.0 Å². The van der Waals surface area contributed by atoms with Gasteiger partial charge in [0.15, 0.2) is 11.4 Å². The topological polar surface area (TPSA) is 56.9 Å². The fourth-order valence-corrected chi connectivity index (χ4v) is 0.972. The number of nitriles is 1. The second kappa shape index (κ2) is 3.54. The average molecular weight is 205 g/mol. The average Bonchev–Trinajstić information content (AvgIpc) is 2.08. The van der Waals surface area contributed by atoms with Crippen molar-refractivity contribution in [3.05, 3.63) is 22.5 Å². The van der Waals surface area contributed by atoms with Crippen LogP contribution in [0.3, 0.4) is 0 Å². The van der Waals surface area contributed by atoms with Crippen molar-refractivity contribution in [2.45, 2.75) is 6.43 Å². The summed E-state index contributed by atoms with van der Waals surface area (Å²) in [5.74, 6) is -0.818. The van der Waals surface area contributed by atoms with Crippen molar-refractivity contribution in [1.82, 2.24) is 4.98 Å². The zero-order chi connectivity index (χ0) is 10.0. The molecule has 1 N–H and O–H groups in total. The Labute approximate surface area is 77.2 Å². The van der Waals surface area contributed by atoms with Gasteiger partial charge >= 0.3 is 0 Å². The highest BCUT2D eigenvalue weighted by Crippen LogP contribution is 2.31. The van der Waals surface area contributed by atoms with Crippen LogP contribution >= 0.6 is 11.6 Å². The molecule has 3 nitrogen and oxygen atoms in total. The Hall–Kier alpha value is -1.41. The van der Waals surface area contributed by atoms with E-state index in [-0.39, 0.29) is 5.15 Å². The Morgan fingerprint density at radius 2 is 2.23 bits per heavy atom. The number of aromatic hydroxyl groups is 1. The lowest BCUT2D eigenvalue weighted by Gasteiger charge is -2.03. The van der Waals surface area contributed by atoms with Crippen molar-refractivity contribution in [2.75, 3.05) is 0 Å². The molecule has 1 heterocycles. The van der Waals surface area contributed by atoms with Crippen molar-refractivity contribution in [3.63, 3.8) is 0 Å². The van der Waals surface area contributed by atoms with E-state index in [0.29, 0.717) is 0 Å². The fraction of sp³-hybridized carbons (Fsp3) is 0.143. The maximum absolute atomic E-state index is 12.2. The van der Waals surface area contributed by atoms with Gasteiger partial charge in [-0.25, -0.2) is 13.8 Å². The first-order valence-electron chi connectivity index (χ1n) is 3.14. The van der Waals surface area contributed by atoms with Crippen LogP contribution in [-0.4, -0.2) is 10.1 Å². The molecule has 0 aliphatic heterocycles. The van der Waals surface area contributed by atoms with Crippen molar-refractivity contribution in [1.29, 1.82) is 5.26 Å². The lowest BCUT2D eigenvalue weighted by molar-refractivity contribution is 0.147. The van der Waals surface area contributed by atoms with Crippen molar-refractivity contribution < 1.29 is 13.9 Å². The normalized spacial score (nSPS) is 10.1. The molecule has 6 heteroatoms. The van der Waals surface area contributed by atoms with Gasteiger partial charge in [0.2, 0.25) is 0 Å². The first-order valence-corrected chi connectivity index (χ1v) is 3.51. The zero-order valence-corrected chi connectivity index (χ0v) is 6.89. The number of aromatic nitrogens is 1. The third-order valence-corrected chi connectivity index (χ3v) is 1.53. The van der Waals surface area contributed by atoms with Crippen molar-refractivity contribution >= 4 is 11.6 Å². The Morgan fingerprint density at radius 3 is 2.69 bits per heavy atom. The van der Waals surface area contributed by atoms with Gasteiger partial charge in [0.25, 0.3) is 6.43 Å². The molecule has 1 aromatic rings. The minimum Gasteiger partial charge on any atom is -0.505 e. The Balaban J connectivity index is 3.38. The molecular weight excluding hydrogens is 202 g/mol. The third kappa shape index (κ3) is 1.84. The highest BCUT2D eigenvalue weighted by Gasteiger charge is 2.18. The Bertz CT molecular complexity index is 375. The van der Waals surface area contributed by atoms with Gasteiger partial charge in [-0.2, -0.15) is 5.26 Å². The molecule has 0 atom stereocenters. The van der Waals surface area contributed by atoms with Crippen molar-refractivity contribution in [2.24, 2.45) is 0 Å². The van der Waals surface area contributed by atoms with Gasteiger partial charge in [-0.3, -0.25) is 0 Å². The van der Waals surface area contributed by atoms with Crippen LogP contribution in [-0.2, 0) is 0 Å². The van der Waals surface area contributed by atoms with E-state index < -0.39 is 23.4 Å². The van der Waals surface area contributed by atoms with E-state index in [0.717, 1.165) is 6.07 Å². The van der Waals surface area contributed by atoms with Crippen LogP contribution in [0, 0.1) is 11.3 Å². The Morgan fingerprint density at radius 1 is 1.62 bits per heavy atom. The second-order valence-electron chi connectivity index (χ2n) is 2.14. The molecule has 0 unspecified atom stereocenters. The minimum atomic E-state index is -2.88. The van der Waals surface area contributed by atoms with Crippen LogP contribution < -0.4 is 0 Å². The molecule has 0 saturated heterocycles. The van der Waals surface area contributed by atoms with Crippen LogP contribution in [0.5, 0.6) is 5.75 Å². The lowest BCUT2D eigenvalue weighted by atomic mass is 10.2. The standard InChI is InChI=1S/C7H3ClF2N2O/c8-5-1-3(7(9)10)6(13)4(2-11)12-5/h1,7,13H. The van der Waals surface area contributed by atoms with Gasteiger partial charge in [0, 0.05) is 0 Å². The number of hydrogen-bond donors (Lipinski definition) is 1. The van der Waals surface area contributed by atoms with Crippen LogP contribution in [0.25, 0.3) is 0 Å². The molecular formula is C7H3ClF2N2O. The molecule has 0 amide bonds. The molecule has 0 aliphatic rings. The summed E-state index contributed by atoms with van der Waals surface area (Å²) in [6.45, 7) is 0. The van der Waals surface area contributed by atoms with E-state index in [1.807, 2.05) is 0 Å². The minimum absolute atomic E-state index is 0.246. The van der Waals surface area contributed by atoms with Gasteiger partial charge in [-0.05, 0) is 6.07 Å². The number of alkyl halides is 2. The molecule has 68 valence electrons. The zero-order valence-electron chi connectivity index (χ0n) is 6.13. The van der Waals surface area contributed by atoms with E-state index in [9.17, 15) is 8.78 Å². The smallest absolute Gasteiger partial charge is 0.267 e. The summed E-state index contributed by atoms with van der Waals surface area (Å²) in [4.78, 5) is 3.36. The molecule has 0 saturated carbocycles. The predicted molar refractivity (Wildman–Crippen MR) is 40.6 cm³/mol. The van der Waals surface area contributed by atoms with Crippen LogP contribution in [0.1, 0.15) is 17.7 Å². The maximum Gasteiger partial charge on any atom is 0.267 e. The highest BCUT2D eigenvalue weighted by molar-refractivity contribution is 6.29. The molecule has 0 fully saturated rings. The number of halogens is 3. The van der Waals surface area contributed by atoms with E-state index in [1.54, 1.807) is 0 Å². The maximum atomic E-state index is 12.2. The summed E-state index contributed by atoms with van der Waals surface area (Å²) in [6, 6.07) is 2.27. The number of nitrogens with zero attached hydrogens (tertiary/aromatic N) is 2. The molecule has 0 aliphatic carbocycles. The summed E-state index contributed by atoms with van der Waals surface area (Å²) < 4.78 is 24.3. The van der Waals surface area contributed by atoms with Gasteiger partial charge in [0.05, 0.1) is 5.56 Å². The summed E-state index contributed by atoms with van der Waals surface area (Å²) in [5, 5.41) is 17.2. The van der Waals surface area contributed by atoms with E-state index in [1.165, 1.54) is 6.07 Å². The van der Waals surface area contributed by atoms with Crippen LogP contribution in [0.2, 0.25) is 5.15 Å². The van der Waals surface area contributed by atoms with Gasteiger partial charge in [-0.15, -0.1) is 0 Å². The highest BCUT2D eigenvalue weighted by atomic mass is 35.5. The number of rotatable bonds is 1. The molecule has 13 heavy (non-hydrogen) atoms. The first-order chi connectivity index (χ1) is 6.06. The summed E-state index contributed by atoms with van der Waals surface area (Å²) in [5.41, 5.74) is -1.18. The molecule has 1 rings (SSSR count). The van der Waals surface area contributed by atoms with Crippen molar-refractivity contribution in [3.8, 4) is 11.8 Å². The first kappa shape index (κ1) is 9.68. The Kier molecular flexibility index (Phi) is 2.63. The molecule has 0 radical (unpaired) electrons. The summed E-state index contributed by atoms with van der Waals surface area (Å²) >= 11 is 5.34. The molecule has 0 aromatic carbocycles. The van der Waals surface area contributed by atoms with E-state index >= 15 is 0 Å². The number of hydrogen-bond acceptors (Lipinski definition) is 3.